The van der Waals surface area contributed by atoms with Crippen molar-refractivity contribution in [2.24, 2.45) is 5.92 Å². The smallest absolute Gasteiger partial charge is 0.303 e. The Morgan fingerprint density at radius 3 is 2.56 bits per heavy atom. The first-order valence-electron chi connectivity index (χ1n) is 6.80. The number of aliphatic carboxylic acids is 1. The lowest BCUT2D eigenvalue weighted by molar-refractivity contribution is -0.137. The molecule has 0 aromatic carbocycles. The summed E-state index contributed by atoms with van der Waals surface area (Å²) in [6.07, 6.45) is 4.70. The SMILES string of the molecule is CC(CCNCCC(=O)NC1CC1)CCC(=O)O. The van der Waals surface area contributed by atoms with Crippen LogP contribution in [-0.4, -0.2) is 36.1 Å². The first-order chi connectivity index (χ1) is 8.58. The number of rotatable bonds is 10. The Hall–Kier alpha value is -1.10. The molecular weight excluding hydrogens is 232 g/mol. The molecule has 18 heavy (non-hydrogen) atoms. The predicted octanol–water partition coefficient (Wildman–Crippen LogP) is 1.14. The molecule has 1 aliphatic rings. The van der Waals surface area contributed by atoms with Gasteiger partial charge in [-0.1, -0.05) is 6.92 Å². The van der Waals surface area contributed by atoms with Crippen molar-refractivity contribution < 1.29 is 14.7 Å². The molecule has 0 aromatic rings. The molecule has 0 aromatic heterocycles. The monoisotopic (exact) mass is 256 g/mol. The van der Waals surface area contributed by atoms with E-state index in [2.05, 4.69) is 17.6 Å². The number of carbonyl (C=O) groups is 2. The third-order valence-corrected chi connectivity index (χ3v) is 3.14. The Balaban J connectivity index is 1.87. The van der Waals surface area contributed by atoms with E-state index in [0.717, 1.165) is 32.2 Å². The fraction of sp³-hybridized carbons (Fsp3) is 0.846. The van der Waals surface area contributed by atoms with Crippen molar-refractivity contribution in [3.63, 3.8) is 0 Å². The Labute approximate surface area is 108 Å². The first-order valence-corrected chi connectivity index (χ1v) is 6.80. The maximum Gasteiger partial charge on any atom is 0.303 e. The van der Waals surface area contributed by atoms with Crippen LogP contribution in [-0.2, 0) is 9.59 Å². The molecule has 1 rings (SSSR count). The van der Waals surface area contributed by atoms with Crippen molar-refractivity contribution in [2.75, 3.05) is 13.1 Å². The van der Waals surface area contributed by atoms with Crippen molar-refractivity contribution in [3.05, 3.63) is 0 Å². The molecule has 1 atom stereocenters. The largest absolute Gasteiger partial charge is 0.481 e. The quantitative estimate of drug-likeness (QED) is 0.512. The molecule has 1 fully saturated rings. The molecule has 104 valence electrons. The van der Waals surface area contributed by atoms with E-state index in [1.54, 1.807) is 0 Å². The lowest BCUT2D eigenvalue weighted by Crippen LogP contribution is -2.29. The van der Waals surface area contributed by atoms with Gasteiger partial charge in [0.05, 0.1) is 0 Å². The van der Waals surface area contributed by atoms with Crippen LogP contribution in [0.4, 0.5) is 0 Å². The van der Waals surface area contributed by atoms with Crippen LogP contribution < -0.4 is 10.6 Å². The van der Waals surface area contributed by atoms with Gasteiger partial charge in [0, 0.05) is 25.4 Å². The third kappa shape index (κ3) is 8.06. The molecule has 0 saturated heterocycles. The van der Waals surface area contributed by atoms with Gasteiger partial charge < -0.3 is 15.7 Å². The molecule has 0 spiro atoms. The van der Waals surface area contributed by atoms with E-state index in [9.17, 15) is 9.59 Å². The predicted molar refractivity (Wildman–Crippen MR) is 69.3 cm³/mol. The average Bonchev–Trinajstić information content (AvgIpc) is 3.09. The summed E-state index contributed by atoms with van der Waals surface area (Å²) in [6, 6.07) is 0.438. The summed E-state index contributed by atoms with van der Waals surface area (Å²) in [4.78, 5) is 21.7. The van der Waals surface area contributed by atoms with Gasteiger partial charge in [-0.05, 0) is 38.1 Å². The lowest BCUT2D eigenvalue weighted by atomic mass is 10.0. The highest BCUT2D eigenvalue weighted by atomic mass is 16.4. The van der Waals surface area contributed by atoms with Crippen LogP contribution in [0.15, 0.2) is 0 Å². The molecule has 0 aliphatic heterocycles. The molecular formula is C13H24N2O3. The highest BCUT2D eigenvalue weighted by molar-refractivity contribution is 5.76. The fourth-order valence-electron chi connectivity index (χ4n) is 1.72. The molecule has 5 heteroatoms. The minimum atomic E-state index is -0.730. The minimum Gasteiger partial charge on any atom is -0.481 e. The van der Waals surface area contributed by atoms with Crippen LogP contribution in [0.25, 0.3) is 0 Å². The zero-order valence-corrected chi connectivity index (χ0v) is 11.1. The zero-order valence-electron chi connectivity index (χ0n) is 11.1. The summed E-state index contributed by atoms with van der Waals surface area (Å²) in [7, 11) is 0. The number of carbonyl (C=O) groups excluding carboxylic acids is 1. The van der Waals surface area contributed by atoms with Crippen LogP contribution in [0, 0.1) is 5.92 Å². The van der Waals surface area contributed by atoms with Crippen LogP contribution in [0.3, 0.4) is 0 Å². The van der Waals surface area contributed by atoms with E-state index < -0.39 is 5.97 Å². The van der Waals surface area contributed by atoms with Crippen molar-refractivity contribution in [2.45, 2.75) is 51.5 Å². The highest BCUT2D eigenvalue weighted by Crippen LogP contribution is 2.18. The number of carboxylic acids is 1. The van der Waals surface area contributed by atoms with Gasteiger partial charge in [-0.2, -0.15) is 0 Å². The van der Waals surface area contributed by atoms with Gasteiger partial charge in [0.2, 0.25) is 5.91 Å². The Morgan fingerprint density at radius 2 is 1.94 bits per heavy atom. The molecule has 1 unspecified atom stereocenters. The molecule has 0 bridgehead atoms. The summed E-state index contributed by atoms with van der Waals surface area (Å²) >= 11 is 0. The zero-order chi connectivity index (χ0) is 13.4. The second-order valence-electron chi connectivity index (χ2n) is 5.17. The second kappa shape index (κ2) is 8.08. The topological polar surface area (TPSA) is 78.4 Å². The third-order valence-electron chi connectivity index (χ3n) is 3.14. The molecule has 0 radical (unpaired) electrons. The number of nitrogens with one attached hydrogen (secondary N) is 2. The van der Waals surface area contributed by atoms with Gasteiger partial charge in [-0.15, -0.1) is 0 Å². The highest BCUT2D eigenvalue weighted by Gasteiger charge is 2.22. The molecule has 1 aliphatic carbocycles. The number of hydrogen-bond acceptors (Lipinski definition) is 3. The van der Waals surface area contributed by atoms with Crippen LogP contribution in [0.5, 0.6) is 0 Å². The lowest BCUT2D eigenvalue weighted by Gasteiger charge is -2.10. The summed E-state index contributed by atoms with van der Waals surface area (Å²) in [6.45, 7) is 3.60. The number of amides is 1. The number of carboxylic acid groups (broad SMARTS) is 1. The normalized spacial score (nSPS) is 16.3. The van der Waals surface area contributed by atoms with E-state index in [1.807, 2.05) is 0 Å². The maximum absolute atomic E-state index is 11.4. The van der Waals surface area contributed by atoms with Crippen LogP contribution in [0.2, 0.25) is 0 Å². The van der Waals surface area contributed by atoms with E-state index >= 15 is 0 Å². The van der Waals surface area contributed by atoms with Crippen molar-refractivity contribution >= 4 is 11.9 Å². The molecule has 5 nitrogen and oxygen atoms in total. The van der Waals surface area contributed by atoms with Crippen LogP contribution in [0.1, 0.15) is 45.4 Å². The van der Waals surface area contributed by atoms with E-state index in [0.29, 0.717) is 24.9 Å². The van der Waals surface area contributed by atoms with Gasteiger partial charge in [-0.25, -0.2) is 0 Å². The Kier molecular flexibility index (Phi) is 6.72. The maximum atomic E-state index is 11.4. The molecule has 3 N–H and O–H groups in total. The fourth-order valence-corrected chi connectivity index (χ4v) is 1.72. The van der Waals surface area contributed by atoms with Crippen molar-refractivity contribution in [3.8, 4) is 0 Å². The van der Waals surface area contributed by atoms with Gasteiger partial charge in [0.1, 0.15) is 0 Å². The standard InChI is InChI=1S/C13H24N2O3/c1-10(2-5-13(17)18)6-8-14-9-7-12(16)15-11-3-4-11/h10-11,14H,2-9H2,1H3,(H,15,16)(H,17,18). The van der Waals surface area contributed by atoms with Gasteiger partial charge in [0.25, 0.3) is 0 Å². The average molecular weight is 256 g/mol. The van der Waals surface area contributed by atoms with E-state index in [4.69, 9.17) is 5.11 Å². The summed E-state index contributed by atoms with van der Waals surface area (Å²) in [5.74, 6) is -0.190. The van der Waals surface area contributed by atoms with Gasteiger partial charge in [-0.3, -0.25) is 9.59 Å². The summed E-state index contributed by atoms with van der Waals surface area (Å²) in [5, 5.41) is 14.7. The Morgan fingerprint density at radius 1 is 1.22 bits per heavy atom. The first kappa shape index (κ1) is 15.0. The van der Waals surface area contributed by atoms with E-state index in [1.165, 1.54) is 0 Å². The minimum absolute atomic E-state index is 0.129. The van der Waals surface area contributed by atoms with Crippen molar-refractivity contribution in [1.29, 1.82) is 0 Å². The van der Waals surface area contributed by atoms with Gasteiger partial charge in [0.15, 0.2) is 0 Å². The summed E-state index contributed by atoms with van der Waals surface area (Å²) < 4.78 is 0. The van der Waals surface area contributed by atoms with Crippen LogP contribution >= 0.6 is 0 Å². The number of hydrogen-bond donors (Lipinski definition) is 3. The summed E-state index contributed by atoms with van der Waals surface area (Å²) in [5.41, 5.74) is 0. The molecule has 1 saturated carbocycles. The van der Waals surface area contributed by atoms with E-state index in [-0.39, 0.29) is 12.3 Å². The van der Waals surface area contributed by atoms with Gasteiger partial charge >= 0.3 is 5.97 Å². The molecule has 0 heterocycles. The Bertz CT molecular complexity index is 277. The molecule has 1 amide bonds. The second-order valence-corrected chi connectivity index (χ2v) is 5.17. The van der Waals surface area contributed by atoms with Crippen molar-refractivity contribution in [1.82, 2.24) is 10.6 Å².